The third kappa shape index (κ3) is 13.1. The molecule has 1 N–H and O–H groups in total. The highest BCUT2D eigenvalue weighted by molar-refractivity contribution is 6.18. The maximum atomic E-state index is 5.87. The van der Waals surface area contributed by atoms with Gasteiger partial charge in [-0.1, -0.05) is 27.2 Å². The molecule has 0 aromatic carbocycles. The highest BCUT2D eigenvalue weighted by Gasteiger charge is 2.09. The second kappa shape index (κ2) is 15.5. The molecule has 0 aromatic heterocycles. The van der Waals surface area contributed by atoms with Crippen LogP contribution in [-0.4, -0.2) is 58.1 Å². The topological polar surface area (TPSA) is 39.7 Å². The van der Waals surface area contributed by atoms with Gasteiger partial charge in [-0.25, -0.2) is 0 Å². The standard InChI is InChI=1S/C15H32ClNO3/c1-4-5-7-18-9-11-20-12-10-19-8-6-17-15(13-16)14(2)3/h14-15,17H,4-13H2,1-3H3. The molecular formula is C15H32ClNO3. The average Bonchev–Trinajstić information content (AvgIpc) is 2.43. The van der Waals surface area contributed by atoms with Gasteiger partial charge in [0.05, 0.1) is 33.0 Å². The maximum absolute atomic E-state index is 5.87. The van der Waals surface area contributed by atoms with Crippen LogP contribution >= 0.6 is 11.6 Å². The first-order chi connectivity index (χ1) is 9.72. The summed E-state index contributed by atoms with van der Waals surface area (Å²) in [5, 5.41) is 3.38. The van der Waals surface area contributed by atoms with Gasteiger partial charge in [0.2, 0.25) is 0 Å². The van der Waals surface area contributed by atoms with Gasteiger partial charge in [0.1, 0.15) is 0 Å². The second-order valence-electron chi connectivity index (χ2n) is 5.15. The van der Waals surface area contributed by atoms with E-state index >= 15 is 0 Å². The number of unbranched alkanes of at least 4 members (excludes halogenated alkanes) is 1. The minimum absolute atomic E-state index is 0.358. The molecule has 1 atom stereocenters. The lowest BCUT2D eigenvalue weighted by molar-refractivity contribution is 0.0143. The van der Waals surface area contributed by atoms with Crippen LogP contribution in [0.4, 0.5) is 0 Å². The highest BCUT2D eigenvalue weighted by Crippen LogP contribution is 2.02. The Labute approximate surface area is 129 Å². The molecule has 0 saturated carbocycles. The molecule has 0 rings (SSSR count). The lowest BCUT2D eigenvalue weighted by atomic mass is 10.1. The molecule has 5 heteroatoms. The van der Waals surface area contributed by atoms with E-state index in [9.17, 15) is 0 Å². The van der Waals surface area contributed by atoms with E-state index in [1.54, 1.807) is 0 Å². The summed E-state index contributed by atoms with van der Waals surface area (Å²) in [6.45, 7) is 11.4. The van der Waals surface area contributed by atoms with E-state index in [1.807, 2.05) is 0 Å². The molecule has 0 fully saturated rings. The van der Waals surface area contributed by atoms with Crippen molar-refractivity contribution in [1.82, 2.24) is 5.32 Å². The van der Waals surface area contributed by atoms with Gasteiger partial charge in [0.15, 0.2) is 0 Å². The summed E-state index contributed by atoms with van der Waals surface area (Å²) in [5.74, 6) is 1.18. The molecule has 0 aliphatic rings. The Kier molecular flexibility index (Phi) is 15.6. The zero-order valence-electron chi connectivity index (χ0n) is 13.3. The number of alkyl halides is 1. The molecule has 0 spiro atoms. The Morgan fingerprint density at radius 1 is 0.900 bits per heavy atom. The quantitative estimate of drug-likeness (QED) is 0.373. The number of hydrogen-bond donors (Lipinski definition) is 1. The lowest BCUT2D eigenvalue weighted by Gasteiger charge is -2.19. The smallest absolute Gasteiger partial charge is 0.0701 e. The molecule has 0 aliphatic carbocycles. The lowest BCUT2D eigenvalue weighted by Crippen LogP contribution is -2.37. The molecule has 0 aliphatic heterocycles. The first-order valence-corrected chi connectivity index (χ1v) is 8.28. The van der Waals surface area contributed by atoms with Crippen LogP contribution in [0.1, 0.15) is 33.6 Å². The summed E-state index contributed by atoms with van der Waals surface area (Å²) in [7, 11) is 0. The molecular weight excluding hydrogens is 278 g/mol. The zero-order chi connectivity index (χ0) is 15.1. The van der Waals surface area contributed by atoms with Gasteiger partial charge in [-0.2, -0.15) is 0 Å². The molecule has 1 unspecified atom stereocenters. The van der Waals surface area contributed by atoms with Gasteiger partial charge in [-0.05, 0) is 12.3 Å². The van der Waals surface area contributed by atoms with Crippen LogP contribution in [0.15, 0.2) is 0 Å². The van der Waals surface area contributed by atoms with Gasteiger partial charge < -0.3 is 19.5 Å². The summed E-state index contributed by atoms with van der Waals surface area (Å²) >= 11 is 5.87. The van der Waals surface area contributed by atoms with Crippen molar-refractivity contribution >= 4 is 11.6 Å². The van der Waals surface area contributed by atoms with Crippen LogP contribution < -0.4 is 5.32 Å². The van der Waals surface area contributed by atoms with Crippen molar-refractivity contribution in [2.75, 3.05) is 52.1 Å². The summed E-state index contributed by atoms with van der Waals surface area (Å²) in [6.07, 6.45) is 2.29. The SMILES string of the molecule is CCCCOCCOCCOCCNC(CCl)C(C)C. The van der Waals surface area contributed by atoms with Crippen molar-refractivity contribution in [3.8, 4) is 0 Å². The molecule has 0 radical (unpaired) electrons. The largest absolute Gasteiger partial charge is 0.379 e. The van der Waals surface area contributed by atoms with Crippen LogP contribution in [0.5, 0.6) is 0 Å². The Balaban J connectivity index is 3.13. The normalized spacial score (nSPS) is 13.1. The predicted molar refractivity (Wildman–Crippen MR) is 84.7 cm³/mol. The highest BCUT2D eigenvalue weighted by atomic mass is 35.5. The molecule has 0 saturated heterocycles. The van der Waals surface area contributed by atoms with Crippen molar-refractivity contribution < 1.29 is 14.2 Å². The fraction of sp³-hybridized carbons (Fsp3) is 1.00. The van der Waals surface area contributed by atoms with Gasteiger partial charge in [-0.3, -0.25) is 0 Å². The third-order valence-corrected chi connectivity index (χ3v) is 3.34. The van der Waals surface area contributed by atoms with E-state index in [1.165, 1.54) is 6.42 Å². The molecule has 0 amide bonds. The van der Waals surface area contributed by atoms with Crippen molar-refractivity contribution in [2.45, 2.75) is 39.7 Å². The fourth-order valence-corrected chi connectivity index (χ4v) is 2.04. The van der Waals surface area contributed by atoms with E-state index in [2.05, 4.69) is 26.1 Å². The van der Waals surface area contributed by atoms with E-state index in [0.29, 0.717) is 50.9 Å². The van der Waals surface area contributed by atoms with Gasteiger partial charge in [0, 0.05) is 25.1 Å². The Morgan fingerprint density at radius 3 is 1.95 bits per heavy atom. The van der Waals surface area contributed by atoms with Gasteiger partial charge in [-0.15, -0.1) is 11.6 Å². The monoisotopic (exact) mass is 309 g/mol. The van der Waals surface area contributed by atoms with Crippen molar-refractivity contribution in [2.24, 2.45) is 5.92 Å². The number of rotatable bonds is 15. The fourth-order valence-electron chi connectivity index (χ4n) is 1.57. The molecule has 122 valence electrons. The van der Waals surface area contributed by atoms with Crippen molar-refractivity contribution in [3.05, 3.63) is 0 Å². The van der Waals surface area contributed by atoms with Crippen LogP contribution in [-0.2, 0) is 14.2 Å². The van der Waals surface area contributed by atoms with E-state index in [-0.39, 0.29) is 0 Å². The molecule has 0 bridgehead atoms. The first kappa shape index (κ1) is 20.1. The summed E-state index contributed by atoms with van der Waals surface area (Å²) in [5.41, 5.74) is 0. The molecule has 0 aromatic rings. The molecule has 0 heterocycles. The minimum atomic E-state index is 0.358. The predicted octanol–water partition coefficient (Wildman–Crippen LogP) is 2.69. The Bertz CT molecular complexity index is 194. The Morgan fingerprint density at radius 2 is 1.45 bits per heavy atom. The molecule has 20 heavy (non-hydrogen) atoms. The van der Waals surface area contributed by atoms with Crippen LogP contribution in [0.3, 0.4) is 0 Å². The zero-order valence-corrected chi connectivity index (χ0v) is 14.1. The van der Waals surface area contributed by atoms with E-state index < -0.39 is 0 Å². The van der Waals surface area contributed by atoms with Crippen molar-refractivity contribution in [3.63, 3.8) is 0 Å². The third-order valence-electron chi connectivity index (χ3n) is 3.01. The van der Waals surface area contributed by atoms with Crippen LogP contribution in [0.2, 0.25) is 0 Å². The van der Waals surface area contributed by atoms with Crippen LogP contribution in [0.25, 0.3) is 0 Å². The van der Waals surface area contributed by atoms with E-state index in [4.69, 9.17) is 25.8 Å². The van der Waals surface area contributed by atoms with Gasteiger partial charge >= 0.3 is 0 Å². The summed E-state index contributed by atoms with van der Waals surface area (Å²) in [4.78, 5) is 0. The number of nitrogens with one attached hydrogen (secondary N) is 1. The van der Waals surface area contributed by atoms with Crippen molar-refractivity contribution in [1.29, 1.82) is 0 Å². The summed E-state index contributed by atoms with van der Waals surface area (Å²) in [6, 6.07) is 0.358. The average molecular weight is 310 g/mol. The maximum Gasteiger partial charge on any atom is 0.0701 e. The van der Waals surface area contributed by atoms with E-state index in [0.717, 1.165) is 19.6 Å². The van der Waals surface area contributed by atoms with Gasteiger partial charge in [0.25, 0.3) is 0 Å². The Hall–Kier alpha value is 0.130. The second-order valence-corrected chi connectivity index (χ2v) is 5.46. The summed E-state index contributed by atoms with van der Waals surface area (Å²) < 4.78 is 16.3. The minimum Gasteiger partial charge on any atom is -0.379 e. The number of hydrogen-bond acceptors (Lipinski definition) is 4. The first-order valence-electron chi connectivity index (χ1n) is 7.74. The number of ether oxygens (including phenoxy) is 3. The number of halogens is 1. The molecule has 4 nitrogen and oxygen atoms in total. The van der Waals surface area contributed by atoms with Crippen LogP contribution in [0, 0.1) is 5.92 Å².